The Kier molecular flexibility index (Phi) is 6.71. The topological polar surface area (TPSA) is 48.4 Å². The maximum atomic E-state index is 12.0. The SMILES string of the molecule is CO/C=C(/C(=O)OC)c1ccccc1/C=C\c1csc(C=C(C)C)n1. The number of hydrogen-bond acceptors (Lipinski definition) is 5. The van der Waals surface area contributed by atoms with Gasteiger partial charge in [-0.05, 0) is 37.1 Å². The maximum Gasteiger partial charge on any atom is 0.341 e. The molecule has 2 aromatic rings. The number of aromatic nitrogens is 1. The van der Waals surface area contributed by atoms with Crippen molar-refractivity contribution >= 4 is 41.1 Å². The van der Waals surface area contributed by atoms with Crippen LogP contribution in [0.4, 0.5) is 0 Å². The highest BCUT2D eigenvalue weighted by Crippen LogP contribution is 2.23. The van der Waals surface area contributed by atoms with Crippen LogP contribution in [0.2, 0.25) is 0 Å². The average Bonchev–Trinajstić information content (AvgIpc) is 3.04. The number of nitrogens with zero attached hydrogens (tertiary/aromatic N) is 1. The summed E-state index contributed by atoms with van der Waals surface area (Å²) in [4.78, 5) is 16.6. The molecular formula is C20H21NO3S. The van der Waals surface area contributed by atoms with Gasteiger partial charge in [0.05, 0.1) is 26.2 Å². The van der Waals surface area contributed by atoms with Gasteiger partial charge in [-0.1, -0.05) is 35.9 Å². The van der Waals surface area contributed by atoms with Crippen molar-refractivity contribution in [1.82, 2.24) is 4.98 Å². The number of benzene rings is 1. The van der Waals surface area contributed by atoms with E-state index >= 15 is 0 Å². The summed E-state index contributed by atoms with van der Waals surface area (Å²) in [5, 5.41) is 2.97. The molecule has 2 rings (SSSR count). The van der Waals surface area contributed by atoms with Crippen LogP contribution in [0, 0.1) is 0 Å². The number of allylic oxidation sites excluding steroid dienone is 1. The zero-order valence-electron chi connectivity index (χ0n) is 14.8. The molecule has 0 spiro atoms. The van der Waals surface area contributed by atoms with Crippen molar-refractivity contribution in [2.75, 3.05) is 14.2 Å². The Labute approximate surface area is 152 Å². The quantitative estimate of drug-likeness (QED) is 0.420. The van der Waals surface area contributed by atoms with Crippen molar-refractivity contribution in [2.45, 2.75) is 13.8 Å². The van der Waals surface area contributed by atoms with Crippen LogP contribution in [0.1, 0.15) is 35.7 Å². The Morgan fingerprint density at radius 1 is 1.16 bits per heavy atom. The van der Waals surface area contributed by atoms with Gasteiger partial charge < -0.3 is 9.47 Å². The van der Waals surface area contributed by atoms with E-state index in [0.717, 1.165) is 21.8 Å². The van der Waals surface area contributed by atoms with Crippen LogP contribution in [-0.2, 0) is 14.3 Å². The first-order valence-electron chi connectivity index (χ1n) is 7.74. The van der Waals surface area contributed by atoms with Gasteiger partial charge in [0.1, 0.15) is 10.6 Å². The van der Waals surface area contributed by atoms with Crippen LogP contribution in [0.5, 0.6) is 0 Å². The second kappa shape index (κ2) is 8.99. The number of methoxy groups -OCH3 is 2. The number of carbonyl (C=O) groups excluding carboxylic acids is 1. The molecule has 0 unspecified atom stereocenters. The van der Waals surface area contributed by atoms with E-state index in [1.807, 2.05) is 61.7 Å². The summed E-state index contributed by atoms with van der Waals surface area (Å²) >= 11 is 1.60. The lowest BCUT2D eigenvalue weighted by atomic mass is 10.00. The zero-order valence-corrected chi connectivity index (χ0v) is 15.6. The standard InChI is InChI=1S/C20H21NO3S/c1-14(2)11-19-21-16(13-25-19)10-9-15-7-5-6-8-17(15)18(12-23-3)20(22)24-4/h5-13H,1-4H3/b10-9-,18-12+. The molecule has 1 heterocycles. The highest BCUT2D eigenvalue weighted by molar-refractivity contribution is 7.10. The predicted molar refractivity (Wildman–Crippen MR) is 104 cm³/mol. The van der Waals surface area contributed by atoms with Gasteiger partial charge in [0.15, 0.2) is 0 Å². The molecule has 25 heavy (non-hydrogen) atoms. The summed E-state index contributed by atoms with van der Waals surface area (Å²) in [5.74, 6) is -0.442. The van der Waals surface area contributed by atoms with Gasteiger partial charge in [0, 0.05) is 5.38 Å². The van der Waals surface area contributed by atoms with Crippen molar-refractivity contribution < 1.29 is 14.3 Å². The summed E-state index contributed by atoms with van der Waals surface area (Å²) < 4.78 is 9.88. The first kappa shape index (κ1) is 18.7. The second-order valence-corrected chi connectivity index (χ2v) is 6.40. The van der Waals surface area contributed by atoms with Crippen molar-refractivity contribution in [1.29, 1.82) is 0 Å². The van der Waals surface area contributed by atoms with Crippen molar-refractivity contribution in [3.63, 3.8) is 0 Å². The first-order chi connectivity index (χ1) is 12.0. The van der Waals surface area contributed by atoms with E-state index in [-0.39, 0.29) is 0 Å². The fourth-order valence-electron chi connectivity index (χ4n) is 2.20. The highest BCUT2D eigenvalue weighted by Gasteiger charge is 2.15. The Hall–Kier alpha value is -2.66. The van der Waals surface area contributed by atoms with E-state index in [1.165, 1.54) is 26.1 Å². The average molecular weight is 355 g/mol. The minimum atomic E-state index is -0.442. The molecule has 0 amide bonds. The molecule has 0 atom stereocenters. The Bertz CT molecular complexity index is 827. The van der Waals surface area contributed by atoms with Gasteiger partial charge in [-0.3, -0.25) is 0 Å². The molecule has 1 aromatic carbocycles. The first-order valence-corrected chi connectivity index (χ1v) is 8.62. The fourth-order valence-corrected chi connectivity index (χ4v) is 3.04. The molecular weight excluding hydrogens is 334 g/mol. The molecule has 0 aliphatic rings. The van der Waals surface area contributed by atoms with Gasteiger partial charge in [-0.25, -0.2) is 9.78 Å². The van der Waals surface area contributed by atoms with Gasteiger partial charge in [-0.2, -0.15) is 0 Å². The predicted octanol–water partition coefficient (Wildman–Crippen LogP) is 4.90. The largest absolute Gasteiger partial charge is 0.503 e. The molecule has 4 nitrogen and oxygen atoms in total. The third-order valence-electron chi connectivity index (χ3n) is 3.28. The minimum absolute atomic E-state index is 0.369. The monoisotopic (exact) mass is 355 g/mol. The molecule has 0 aliphatic heterocycles. The van der Waals surface area contributed by atoms with E-state index in [2.05, 4.69) is 4.98 Å². The van der Waals surface area contributed by atoms with Crippen LogP contribution in [0.15, 0.2) is 41.5 Å². The molecule has 0 saturated carbocycles. The van der Waals surface area contributed by atoms with Gasteiger partial charge >= 0.3 is 5.97 Å². The van der Waals surface area contributed by atoms with Crippen LogP contribution in [-0.4, -0.2) is 25.2 Å². The van der Waals surface area contributed by atoms with E-state index in [1.54, 1.807) is 11.3 Å². The number of esters is 1. The molecule has 1 aromatic heterocycles. The van der Waals surface area contributed by atoms with Crippen LogP contribution in [0.3, 0.4) is 0 Å². The summed E-state index contributed by atoms with van der Waals surface area (Å²) in [7, 11) is 2.85. The number of rotatable bonds is 6. The van der Waals surface area contributed by atoms with Crippen LogP contribution in [0.25, 0.3) is 23.8 Å². The fraction of sp³-hybridized carbons (Fsp3) is 0.200. The zero-order chi connectivity index (χ0) is 18.2. The molecule has 0 aliphatic carbocycles. The molecule has 0 fully saturated rings. The third kappa shape index (κ3) is 5.16. The summed E-state index contributed by atoms with van der Waals surface area (Å²) in [6.07, 6.45) is 7.31. The van der Waals surface area contributed by atoms with E-state index < -0.39 is 5.97 Å². The highest BCUT2D eigenvalue weighted by atomic mass is 32.1. The van der Waals surface area contributed by atoms with Crippen molar-refractivity contribution in [2.24, 2.45) is 0 Å². The van der Waals surface area contributed by atoms with Crippen LogP contribution >= 0.6 is 11.3 Å². The minimum Gasteiger partial charge on any atom is -0.503 e. The van der Waals surface area contributed by atoms with E-state index in [0.29, 0.717) is 5.57 Å². The smallest absolute Gasteiger partial charge is 0.341 e. The van der Waals surface area contributed by atoms with Crippen molar-refractivity contribution in [3.8, 4) is 0 Å². The van der Waals surface area contributed by atoms with Gasteiger partial charge in [0.25, 0.3) is 0 Å². The lowest BCUT2D eigenvalue weighted by molar-refractivity contribution is -0.133. The lowest BCUT2D eigenvalue weighted by Gasteiger charge is -2.08. The summed E-state index contributed by atoms with van der Waals surface area (Å²) in [5.41, 5.74) is 4.08. The van der Waals surface area contributed by atoms with E-state index in [4.69, 9.17) is 9.47 Å². The third-order valence-corrected chi connectivity index (χ3v) is 4.09. The molecule has 0 saturated heterocycles. The number of hydrogen-bond donors (Lipinski definition) is 0. The molecule has 130 valence electrons. The summed E-state index contributed by atoms with van der Waals surface area (Å²) in [6.45, 7) is 4.09. The van der Waals surface area contributed by atoms with Gasteiger partial charge in [-0.15, -0.1) is 11.3 Å². The van der Waals surface area contributed by atoms with Crippen LogP contribution < -0.4 is 0 Å². The molecule has 5 heteroatoms. The Balaban J connectivity index is 2.34. The second-order valence-electron chi connectivity index (χ2n) is 5.51. The number of carbonyl (C=O) groups is 1. The number of ether oxygens (including phenoxy) is 2. The normalized spacial score (nSPS) is 11.4. The van der Waals surface area contributed by atoms with Crippen molar-refractivity contribution in [3.05, 3.63) is 63.3 Å². The summed E-state index contributed by atoms with van der Waals surface area (Å²) in [6, 6.07) is 7.58. The molecule has 0 bridgehead atoms. The van der Waals surface area contributed by atoms with E-state index in [9.17, 15) is 4.79 Å². The lowest BCUT2D eigenvalue weighted by Crippen LogP contribution is -2.05. The molecule has 0 radical (unpaired) electrons. The Morgan fingerprint density at radius 3 is 2.60 bits per heavy atom. The Morgan fingerprint density at radius 2 is 1.92 bits per heavy atom. The molecule has 0 N–H and O–H groups in total. The maximum absolute atomic E-state index is 12.0. The number of thiazole rings is 1. The van der Waals surface area contributed by atoms with Gasteiger partial charge in [0.2, 0.25) is 0 Å².